The van der Waals surface area contributed by atoms with Crippen LogP contribution in [0.4, 0.5) is 24.8 Å². The molecule has 8 rings (SSSR count). The highest BCUT2D eigenvalue weighted by Crippen LogP contribution is 2.52. The van der Waals surface area contributed by atoms with E-state index in [4.69, 9.17) is 36.8 Å². The third-order valence-corrected chi connectivity index (χ3v) is 11.8. The Labute approximate surface area is 287 Å². The van der Waals surface area contributed by atoms with Gasteiger partial charge >= 0.3 is 12.2 Å². The van der Waals surface area contributed by atoms with Crippen molar-refractivity contribution in [3.63, 3.8) is 0 Å². The fraction of sp³-hybridized carbons (Fsp3) is 0.588. The number of rotatable bonds is 6. The Balaban J connectivity index is 1.18. The van der Waals surface area contributed by atoms with Crippen molar-refractivity contribution in [1.82, 2.24) is 30.1 Å². The quantitative estimate of drug-likeness (QED) is 0.380. The molecular weight excluding hydrogens is 661 g/mol. The number of hydrogen-bond acceptors (Lipinski definition) is 10. The lowest BCUT2D eigenvalue weighted by Gasteiger charge is -2.56. The van der Waals surface area contributed by atoms with Crippen molar-refractivity contribution in [3.05, 3.63) is 28.3 Å². The van der Waals surface area contributed by atoms with E-state index in [1.165, 1.54) is 25.5 Å². The second kappa shape index (κ2) is 12.0. The number of hydrogen-bond donors (Lipinski definition) is 2. The molecule has 6 heterocycles. The van der Waals surface area contributed by atoms with Crippen LogP contribution in [-0.2, 0) is 11.0 Å². The molecule has 15 heteroatoms. The topological polar surface area (TPSA) is 122 Å². The van der Waals surface area contributed by atoms with Gasteiger partial charge in [0.05, 0.1) is 33.2 Å². The standard InChI is InChI=1S/C34H40ClF3N8O3/c1-18-10-24(39)42-29(27(18)34(36,37)38)22-12-23-26-30(28(22)35)48-15-21-13-45(25(47)11-19-5-6-33(19)16-40-17-33)8-9-46(21)31(26)43-32(41-23)49-14-20-4-3-7-44(20)2/h10,12,19-21,40H,3-9,11,13-17H2,1-2H3,(H2,39,42)/t19-,20+,21+/m1/s1. The van der Waals surface area contributed by atoms with Gasteiger partial charge in [-0.15, -0.1) is 0 Å². The minimum Gasteiger partial charge on any atom is -0.489 e. The molecule has 1 amide bonds. The molecule has 49 heavy (non-hydrogen) atoms. The first kappa shape index (κ1) is 32.6. The number of nitrogen functional groups attached to an aromatic ring is 1. The number of nitrogens with one attached hydrogen (secondary N) is 1. The van der Waals surface area contributed by atoms with E-state index in [2.05, 4.69) is 20.1 Å². The van der Waals surface area contributed by atoms with Crippen molar-refractivity contribution in [3.8, 4) is 23.0 Å². The van der Waals surface area contributed by atoms with Gasteiger partial charge < -0.3 is 35.2 Å². The van der Waals surface area contributed by atoms with Crippen LogP contribution in [0.1, 0.15) is 43.2 Å². The lowest BCUT2D eigenvalue weighted by molar-refractivity contribution is -0.138. The third-order valence-electron chi connectivity index (χ3n) is 11.5. The van der Waals surface area contributed by atoms with Crippen LogP contribution >= 0.6 is 11.6 Å². The van der Waals surface area contributed by atoms with E-state index in [1.807, 2.05) is 11.9 Å². The Bertz CT molecular complexity index is 1820. The Morgan fingerprint density at radius 3 is 2.67 bits per heavy atom. The Kier molecular flexibility index (Phi) is 7.99. The summed E-state index contributed by atoms with van der Waals surface area (Å²) in [6.45, 7) is 6.18. The lowest BCUT2D eigenvalue weighted by Crippen LogP contribution is -2.63. The molecule has 2 aromatic heterocycles. The SMILES string of the molecule is Cc1cc(N)nc(-c2cc3nc(OC[C@@H]4CCCN4C)nc4c3c(c2Cl)OC[C@@H]2CN(C(=O)C[C@H]3CCC35CNC5)CCN42)c1C(F)(F)F. The molecule has 1 aromatic carbocycles. The first-order valence-electron chi connectivity index (χ1n) is 17.0. The Morgan fingerprint density at radius 2 is 2.00 bits per heavy atom. The average molecular weight is 701 g/mol. The molecule has 1 spiro atoms. The van der Waals surface area contributed by atoms with Gasteiger partial charge in [0.15, 0.2) is 5.75 Å². The highest BCUT2D eigenvalue weighted by atomic mass is 35.5. The van der Waals surface area contributed by atoms with Crippen molar-refractivity contribution >= 4 is 40.0 Å². The number of benzene rings is 1. The monoisotopic (exact) mass is 700 g/mol. The fourth-order valence-electron chi connectivity index (χ4n) is 8.40. The van der Waals surface area contributed by atoms with E-state index >= 15 is 0 Å². The van der Waals surface area contributed by atoms with Crippen LogP contribution in [0.15, 0.2) is 12.1 Å². The largest absolute Gasteiger partial charge is 0.489 e. The number of nitrogens with zero attached hydrogens (tertiary/aromatic N) is 6. The van der Waals surface area contributed by atoms with Crippen LogP contribution in [0.25, 0.3) is 22.2 Å². The van der Waals surface area contributed by atoms with Gasteiger partial charge in [-0.25, -0.2) is 4.98 Å². The van der Waals surface area contributed by atoms with Gasteiger partial charge in [-0.3, -0.25) is 4.79 Å². The summed E-state index contributed by atoms with van der Waals surface area (Å²) >= 11 is 6.98. The molecule has 3 saturated heterocycles. The van der Waals surface area contributed by atoms with Crippen molar-refractivity contribution < 1.29 is 27.4 Å². The van der Waals surface area contributed by atoms with Crippen LogP contribution in [0.3, 0.4) is 0 Å². The summed E-state index contributed by atoms with van der Waals surface area (Å²) in [5.41, 5.74) is 5.15. The minimum absolute atomic E-state index is 0.00499. The van der Waals surface area contributed by atoms with E-state index in [-0.39, 0.29) is 63.7 Å². The van der Waals surface area contributed by atoms with E-state index in [1.54, 1.807) is 0 Å². The number of pyridine rings is 1. The van der Waals surface area contributed by atoms with E-state index in [0.717, 1.165) is 38.9 Å². The predicted octanol–water partition coefficient (Wildman–Crippen LogP) is 4.53. The molecular formula is C34H40ClF3N8O3. The zero-order valence-electron chi connectivity index (χ0n) is 27.6. The Morgan fingerprint density at radius 1 is 1.18 bits per heavy atom. The highest BCUT2D eigenvalue weighted by molar-refractivity contribution is 6.36. The predicted molar refractivity (Wildman–Crippen MR) is 179 cm³/mol. The number of alkyl halides is 3. The number of carbonyl (C=O) groups excluding carboxylic acids is 1. The number of likely N-dealkylation sites (tertiary alicyclic amines) is 1. The molecule has 1 aliphatic carbocycles. The summed E-state index contributed by atoms with van der Waals surface area (Å²) < 4.78 is 56.0. The molecule has 11 nitrogen and oxygen atoms in total. The molecule has 5 aliphatic rings. The number of ether oxygens (including phenoxy) is 2. The first-order valence-corrected chi connectivity index (χ1v) is 17.4. The number of nitrogens with two attached hydrogens (primary N) is 1. The number of fused-ring (bicyclic) bond motifs is 2. The smallest absolute Gasteiger partial charge is 0.418 e. The van der Waals surface area contributed by atoms with Gasteiger partial charge in [-0.05, 0) is 75.2 Å². The van der Waals surface area contributed by atoms with Crippen LogP contribution in [0.2, 0.25) is 5.02 Å². The molecule has 1 saturated carbocycles. The zero-order chi connectivity index (χ0) is 34.2. The first-order chi connectivity index (χ1) is 23.4. The molecule has 0 radical (unpaired) electrons. The summed E-state index contributed by atoms with van der Waals surface area (Å²) in [5, 5.41) is 3.80. The van der Waals surface area contributed by atoms with Crippen molar-refractivity contribution in [2.24, 2.45) is 11.3 Å². The number of anilines is 2. The number of amides is 1. The highest BCUT2D eigenvalue weighted by Gasteiger charge is 2.51. The van der Waals surface area contributed by atoms with Gasteiger partial charge in [0.25, 0.3) is 0 Å². The minimum atomic E-state index is -4.73. The molecule has 3 aromatic rings. The summed E-state index contributed by atoms with van der Waals surface area (Å²) in [6, 6.07) is 2.71. The normalized spacial score (nSPS) is 24.7. The summed E-state index contributed by atoms with van der Waals surface area (Å²) in [5.74, 6) is 1.15. The molecule has 4 aliphatic heterocycles. The van der Waals surface area contributed by atoms with E-state index in [9.17, 15) is 18.0 Å². The second-order valence-electron chi connectivity index (χ2n) is 14.4. The molecule has 4 fully saturated rings. The maximum absolute atomic E-state index is 14.5. The average Bonchev–Trinajstić information content (AvgIpc) is 3.35. The number of aryl methyl sites for hydroxylation is 1. The van der Waals surface area contributed by atoms with Gasteiger partial charge in [0.1, 0.15) is 24.8 Å². The zero-order valence-corrected chi connectivity index (χ0v) is 28.3. The summed E-state index contributed by atoms with van der Waals surface area (Å²) in [7, 11) is 2.05. The number of aromatic nitrogens is 3. The second-order valence-corrected chi connectivity index (χ2v) is 14.7. The van der Waals surface area contributed by atoms with Crippen LogP contribution < -0.4 is 25.4 Å². The summed E-state index contributed by atoms with van der Waals surface area (Å²) in [6.07, 6.45) is 0.0938. The van der Waals surface area contributed by atoms with Gasteiger partial charge in [0, 0.05) is 50.7 Å². The van der Waals surface area contributed by atoms with E-state index < -0.39 is 17.4 Å². The summed E-state index contributed by atoms with van der Waals surface area (Å²) in [4.78, 5) is 33.5. The van der Waals surface area contributed by atoms with E-state index in [0.29, 0.717) is 55.3 Å². The Hall–Kier alpha value is -3.62. The van der Waals surface area contributed by atoms with Crippen LogP contribution in [0, 0.1) is 18.3 Å². The number of likely N-dealkylation sites (N-methyl/N-ethyl adjacent to an activating group) is 1. The van der Waals surface area contributed by atoms with Crippen molar-refractivity contribution in [2.75, 3.05) is 70.2 Å². The molecule has 0 unspecified atom stereocenters. The lowest BCUT2D eigenvalue weighted by atomic mass is 9.55. The number of halogens is 4. The van der Waals surface area contributed by atoms with Crippen LogP contribution in [0.5, 0.6) is 11.8 Å². The fourth-order valence-corrected chi connectivity index (χ4v) is 8.69. The van der Waals surface area contributed by atoms with Gasteiger partial charge in [-0.1, -0.05) is 11.6 Å². The third kappa shape index (κ3) is 5.59. The molecule has 3 atom stereocenters. The van der Waals surface area contributed by atoms with Crippen LogP contribution in [-0.4, -0.2) is 102 Å². The molecule has 0 bridgehead atoms. The van der Waals surface area contributed by atoms with Crippen molar-refractivity contribution in [1.29, 1.82) is 0 Å². The van der Waals surface area contributed by atoms with Gasteiger partial charge in [-0.2, -0.15) is 23.1 Å². The molecule has 3 N–H and O–H groups in total. The number of piperazine rings is 1. The van der Waals surface area contributed by atoms with Crippen molar-refractivity contribution in [2.45, 2.75) is 57.3 Å². The molecule has 262 valence electrons. The maximum Gasteiger partial charge on any atom is 0.418 e. The van der Waals surface area contributed by atoms with Gasteiger partial charge in [0.2, 0.25) is 5.91 Å². The number of carbonyl (C=O) groups is 1. The maximum atomic E-state index is 14.5.